The molecule has 7 nitrogen and oxygen atoms in total. The van der Waals surface area contributed by atoms with Crippen molar-refractivity contribution >= 4 is 39.0 Å². The highest BCUT2D eigenvalue weighted by Crippen LogP contribution is 2.27. The van der Waals surface area contributed by atoms with E-state index in [1.165, 1.54) is 4.68 Å². The topological polar surface area (TPSA) is 92.7 Å². The number of nitrogens with one attached hydrogen (secondary N) is 2. The van der Waals surface area contributed by atoms with Crippen LogP contribution in [0.1, 0.15) is 31.0 Å². The molecule has 142 valence electrons. The number of hydrogen-bond donors (Lipinski definition) is 2. The number of thiophene rings is 1. The lowest BCUT2D eigenvalue weighted by molar-refractivity contribution is -0.116. The molecule has 0 aliphatic heterocycles. The van der Waals surface area contributed by atoms with Crippen LogP contribution in [-0.4, -0.2) is 31.0 Å². The van der Waals surface area contributed by atoms with Crippen LogP contribution in [0.25, 0.3) is 16.5 Å². The molecule has 0 aromatic carbocycles. The van der Waals surface area contributed by atoms with Crippen molar-refractivity contribution in [2.45, 2.75) is 33.1 Å². The molecule has 3 aromatic heterocycles. The molecule has 0 bridgehead atoms. The normalized spacial score (nSPS) is 10.9. The molecule has 3 aromatic rings. The number of carbonyl (C=O) groups is 1. The molecule has 3 rings (SSSR count). The van der Waals surface area contributed by atoms with Crippen LogP contribution in [-0.2, 0) is 11.2 Å². The van der Waals surface area contributed by atoms with E-state index in [2.05, 4.69) is 36.3 Å². The number of anilines is 1. The zero-order valence-corrected chi connectivity index (χ0v) is 17.5. The second kappa shape index (κ2) is 8.62. The Balaban J connectivity index is 2.05. The molecule has 0 saturated heterocycles. The van der Waals surface area contributed by atoms with Gasteiger partial charge in [0.25, 0.3) is 5.56 Å². The van der Waals surface area contributed by atoms with Gasteiger partial charge in [0.1, 0.15) is 11.5 Å². The van der Waals surface area contributed by atoms with Crippen molar-refractivity contribution in [3.8, 4) is 16.5 Å². The lowest BCUT2D eigenvalue weighted by Gasteiger charge is -2.09. The zero-order chi connectivity index (χ0) is 19.4. The first-order valence-corrected chi connectivity index (χ1v) is 10.6. The number of hydrogen-bond acceptors (Lipinski definition) is 5. The Morgan fingerprint density at radius 2 is 2.26 bits per heavy atom. The van der Waals surface area contributed by atoms with Gasteiger partial charge in [-0.25, -0.2) is 4.98 Å². The van der Waals surface area contributed by atoms with Gasteiger partial charge in [-0.2, -0.15) is 9.78 Å². The summed E-state index contributed by atoms with van der Waals surface area (Å²) in [5, 5.41) is 10.2. The largest absolute Gasteiger partial charge is 0.310 e. The number of nitrogens with zero attached hydrogens (tertiary/aromatic N) is 3. The van der Waals surface area contributed by atoms with Crippen LogP contribution in [0.3, 0.4) is 0 Å². The van der Waals surface area contributed by atoms with Crippen molar-refractivity contribution in [3.05, 3.63) is 45.2 Å². The van der Waals surface area contributed by atoms with Gasteiger partial charge in [-0.05, 0) is 31.2 Å². The summed E-state index contributed by atoms with van der Waals surface area (Å²) in [4.78, 5) is 32.8. The number of rotatable bonds is 7. The van der Waals surface area contributed by atoms with Crippen molar-refractivity contribution in [3.63, 3.8) is 0 Å². The highest BCUT2D eigenvalue weighted by Gasteiger charge is 2.17. The molecule has 0 unspecified atom stereocenters. The third-order valence-corrected chi connectivity index (χ3v) is 5.50. The standard InChI is InChI=1S/C18H20BrN5O2S/c1-3-12-11(2)20-18(22-17(12)26)24-15(21-16(25)7-4-8-19)10-13(23-24)14-6-5-9-27-14/h5-6,9-10H,3-4,7-8H2,1-2H3,(H,21,25)(H,20,22,26). The summed E-state index contributed by atoms with van der Waals surface area (Å²) in [5.74, 6) is 0.649. The van der Waals surface area contributed by atoms with Crippen molar-refractivity contribution in [1.29, 1.82) is 0 Å². The van der Waals surface area contributed by atoms with Gasteiger partial charge in [0.2, 0.25) is 11.9 Å². The van der Waals surface area contributed by atoms with Crippen LogP contribution < -0.4 is 10.9 Å². The average Bonchev–Trinajstić information content (AvgIpc) is 3.29. The smallest absolute Gasteiger partial charge is 0.255 e. The van der Waals surface area contributed by atoms with Gasteiger partial charge in [-0.3, -0.25) is 14.6 Å². The van der Waals surface area contributed by atoms with Crippen LogP contribution in [0.2, 0.25) is 0 Å². The molecule has 27 heavy (non-hydrogen) atoms. The van der Waals surface area contributed by atoms with Crippen molar-refractivity contribution in [1.82, 2.24) is 19.7 Å². The molecule has 3 heterocycles. The second-order valence-corrected chi connectivity index (χ2v) is 7.69. The summed E-state index contributed by atoms with van der Waals surface area (Å²) >= 11 is 4.88. The zero-order valence-electron chi connectivity index (χ0n) is 15.1. The molecule has 0 atom stereocenters. The number of carbonyl (C=O) groups excluding carboxylic acids is 1. The molecular weight excluding hydrogens is 430 g/mol. The second-order valence-electron chi connectivity index (χ2n) is 5.95. The lowest BCUT2D eigenvalue weighted by atomic mass is 10.2. The Kier molecular flexibility index (Phi) is 6.22. The minimum absolute atomic E-state index is 0.113. The van der Waals surface area contributed by atoms with E-state index < -0.39 is 0 Å². The highest BCUT2D eigenvalue weighted by molar-refractivity contribution is 9.09. The van der Waals surface area contributed by atoms with E-state index >= 15 is 0 Å². The Morgan fingerprint density at radius 1 is 1.44 bits per heavy atom. The number of aryl methyl sites for hydroxylation is 1. The summed E-state index contributed by atoms with van der Waals surface area (Å²) in [5.41, 5.74) is 1.82. The molecule has 0 saturated carbocycles. The fourth-order valence-corrected chi connectivity index (χ4v) is 3.68. The van der Waals surface area contributed by atoms with Gasteiger partial charge in [-0.15, -0.1) is 11.3 Å². The van der Waals surface area contributed by atoms with E-state index in [0.29, 0.717) is 35.6 Å². The number of aromatic nitrogens is 4. The Bertz CT molecular complexity index is 994. The maximum absolute atomic E-state index is 12.3. The van der Waals surface area contributed by atoms with Crippen molar-refractivity contribution in [2.24, 2.45) is 0 Å². The Labute approximate surface area is 169 Å². The van der Waals surface area contributed by atoms with Gasteiger partial charge in [0.15, 0.2) is 0 Å². The molecule has 1 amide bonds. The van der Waals surface area contributed by atoms with Gasteiger partial charge < -0.3 is 5.32 Å². The lowest BCUT2D eigenvalue weighted by Crippen LogP contribution is -2.21. The minimum atomic E-state index is -0.190. The van der Waals surface area contributed by atoms with Crippen molar-refractivity contribution in [2.75, 3.05) is 10.6 Å². The van der Waals surface area contributed by atoms with E-state index in [0.717, 1.165) is 16.6 Å². The maximum atomic E-state index is 12.3. The van der Waals surface area contributed by atoms with E-state index in [4.69, 9.17) is 0 Å². The molecule has 0 aliphatic carbocycles. The fraction of sp³-hybridized carbons (Fsp3) is 0.333. The summed E-state index contributed by atoms with van der Waals surface area (Å²) in [6, 6.07) is 5.68. The fourth-order valence-electron chi connectivity index (χ4n) is 2.72. The maximum Gasteiger partial charge on any atom is 0.255 e. The van der Waals surface area contributed by atoms with Crippen LogP contribution in [0.5, 0.6) is 0 Å². The van der Waals surface area contributed by atoms with Gasteiger partial charge >= 0.3 is 0 Å². The predicted molar refractivity (Wildman–Crippen MR) is 111 cm³/mol. The summed E-state index contributed by atoms with van der Waals surface area (Å²) in [6.45, 7) is 3.72. The first kappa shape index (κ1) is 19.5. The molecular formula is C18H20BrN5O2S. The number of alkyl halides is 1. The molecule has 0 fully saturated rings. The minimum Gasteiger partial charge on any atom is -0.310 e. The molecule has 0 spiro atoms. The van der Waals surface area contributed by atoms with E-state index in [1.807, 2.05) is 24.4 Å². The SMILES string of the molecule is CCc1c(C)nc(-n2nc(-c3cccs3)cc2NC(=O)CCCBr)[nH]c1=O. The van der Waals surface area contributed by atoms with E-state index in [1.54, 1.807) is 24.3 Å². The van der Waals surface area contributed by atoms with Crippen molar-refractivity contribution < 1.29 is 4.79 Å². The highest BCUT2D eigenvalue weighted by atomic mass is 79.9. The van der Waals surface area contributed by atoms with Gasteiger partial charge in [0, 0.05) is 29.1 Å². The Hall–Kier alpha value is -2.26. The average molecular weight is 450 g/mol. The molecule has 0 radical (unpaired) electrons. The van der Waals surface area contributed by atoms with Gasteiger partial charge in [0.05, 0.1) is 4.88 Å². The van der Waals surface area contributed by atoms with Crippen LogP contribution in [0.4, 0.5) is 5.82 Å². The number of H-pyrrole nitrogens is 1. The molecule has 2 N–H and O–H groups in total. The summed E-state index contributed by atoms with van der Waals surface area (Å²) < 4.78 is 1.48. The Morgan fingerprint density at radius 3 is 2.89 bits per heavy atom. The monoisotopic (exact) mass is 449 g/mol. The first-order valence-electron chi connectivity index (χ1n) is 8.63. The van der Waals surface area contributed by atoms with Crippen LogP contribution >= 0.6 is 27.3 Å². The van der Waals surface area contributed by atoms with Gasteiger partial charge in [-0.1, -0.05) is 28.9 Å². The number of aromatic amines is 1. The first-order chi connectivity index (χ1) is 13.0. The number of halogens is 1. The van der Waals surface area contributed by atoms with Crippen LogP contribution in [0.15, 0.2) is 28.4 Å². The number of amides is 1. The third-order valence-electron chi connectivity index (χ3n) is 4.05. The van der Waals surface area contributed by atoms with E-state index in [-0.39, 0.29) is 17.4 Å². The molecule has 9 heteroatoms. The predicted octanol–water partition coefficient (Wildman–Crippen LogP) is 3.67. The quantitative estimate of drug-likeness (QED) is 0.538. The third kappa shape index (κ3) is 4.36. The molecule has 0 aliphatic rings. The summed E-state index contributed by atoms with van der Waals surface area (Å²) in [7, 11) is 0. The van der Waals surface area contributed by atoms with Crippen LogP contribution in [0, 0.1) is 6.92 Å². The summed E-state index contributed by atoms with van der Waals surface area (Å²) in [6.07, 6.45) is 1.73. The van der Waals surface area contributed by atoms with E-state index in [9.17, 15) is 9.59 Å².